The van der Waals surface area contributed by atoms with Gasteiger partial charge in [-0.25, -0.2) is 0 Å². The lowest BCUT2D eigenvalue weighted by Gasteiger charge is -2.26. The Hall–Kier alpha value is -2.15. The number of fused-ring (bicyclic) bond motifs is 1. The van der Waals surface area contributed by atoms with Crippen LogP contribution >= 0.6 is 0 Å². The van der Waals surface area contributed by atoms with Crippen LogP contribution in [0, 0.1) is 29.4 Å². The molecule has 0 aromatic heterocycles. The molecule has 2 rings (SSSR count). The van der Waals surface area contributed by atoms with Crippen LogP contribution < -0.4 is 10.2 Å². The van der Waals surface area contributed by atoms with Crippen LogP contribution in [-0.4, -0.2) is 37.6 Å². The zero-order valence-electron chi connectivity index (χ0n) is 18.1. The largest absolute Gasteiger partial charge is 0.385 e. The summed E-state index contributed by atoms with van der Waals surface area (Å²) in [6.07, 6.45) is 1.75. The quantitative estimate of drug-likeness (QED) is 0.544. The number of carbonyl (C=O) groups is 1. The Morgan fingerprint density at radius 2 is 1.96 bits per heavy atom. The first-order valence-electron chi connectivity index (χ1n) is 9.91. The molecule has 1 heterocycles. The number of hydrogen-bond donors (Lipinski definition) is 1. The number of nitro groups is 1. The van der Waals surface area contributed by atoms with Gasteiger partial charge in [-0.2, -0.15) is 0 Å². The van der Waals surface area contributed by atoms with Crippen LogP contribution in [0.15, 0.2) is 0 Å². The summed E-state index contributed by atoms with van der Waals surface area (Å²) in [4.78, 5) is 26.5. The normalized spacial score (nSPS) is 16.2. The second kappa shape index (κ2) is 8.47. The van der Waals surface area contributed by atoms with Crippen molar-refractivity contribution in [2.45, 2.75) is 60.3 Å². The second-order valence-electron chi connectivity index (χ2n) is 8.62. The van der Waals surface area contributed by atoms with Crippen molar-refractivity contribution in [3.8, 4) is 0 Å². The Morgan fingerprint density at radius 3 is 2.46 bits per heavy atom. The maximum absolute atomic E-state index is 12.8. The Balaban J connectivity index is 2.73. The summed E-state index contributed by atoms with van der Waals surface area (Å²) in [6, 6.07) is 0. The first-order valence-corrected chi connectivity index (χ1v) is 9.91. The van der Waals surface area contributed by atoms with Crippen molar-refractivity contribution in [1.29, 1.82) is 0 Å². The third-order valence-electron chi connectivity index (χ3n) is 5.41. The Morgan fingerprint density at radius 1 is 1.32 bits per heavy atom. The summed E-state index contributed by atoms with van der Waals surface area (Å²) in [5.41, 5.74) is 3.23. The standard InChI is InChI=1S/C21H33N3O4/c1-8-10-23-12-15(9-11-28-7)16-13(2)18(24(26)27)14(3)17(19(16)23)22-20(25)21(4,5)6/h15H,8-12H2,1-7H3,(H,22,25). The van der Waals surface area contributed by atoms with E-state index in [1.54, 1.807) is 14.0 Å². The molecule has 1 aromatic rings. The van der Waals surface area contributed by atoms with Crippen LogP contribution in [0.2, 0.25) is 0 Å². The number of methoxy groups -OCH3 is 1. The molecule has 7 heteroatoms. The van der Waals surface area contributed by atoms with Crippen molar-refractivity contribution in [2.24, 2.45) is 5.41 Å². The summed E-state index contributed by atoms with van der Waals surface area (Å²) in [5.74, 6) is -0.00108. The average molecular weight is 392 g/mol. The fourth-order valence-corrected chi connectivity index (χ4v) is 3.99. The summed E-state index contributed by atoms with van der Waals surface area (Å²) < 4.78 is 5.27. The summed E-state index contributed by atoms with van der Waals surface area (Å²) >= 11 is 0. The highest BCUT2D eigenvalue weighted by atomic mass is 16.6. The maximum atomic E-state index is 12.8. The van der Waals surface area contributed by atoms with Gasteiger partial charge < -0.3 is 15.0 Å². The third-order valence-corrected chi connectivity index (χ3v) is 5.41. The molecule has 1 N–H and O–H groups in total. The molecule has 0 aliphatic carbocycles. The van der Waals surface area contributed by atoms with E-state index in [2.05, 4.69) is 17.1 Å². The van der Waals surface area contributed by atoms with E-state index in [1.165, 1.54) is 0 Å². The van der Waals surface area contributed by atoms with Gasteiger partial charge in [-0.1, -0.05) is 27.7 Å². The Kier molecular flexibility index (Phi) is 6.70. The number of hydrogen-bond acceptors (Lipinski definition) is 5. The molecule has 28 heavy (non-hydrogen) atoms. The van der Waals surface area contributed by atoms with E-state index in [4.69, 9.17) is 4.74 Å². The number of rotatable bonds is 7. The van der Waals surface area contributed by atoms with E-state index in [0.717, 1.165) is 37.2 Å². The number of carbonyl (C=O) groups excluding carboxylic acids is 1. The highest BCUT2D eigenvalue weighted by molar-refractivity contribution is 6.01. The van der Waals surface area contributed by atoms with Crippen molar-refractivity contribution in [3.05, 3.63) is 26.8 Å². The molecule has 0 fully saturated rings. The zero-order chi connectivity index (χ0) is 21.2. The maximum Gasteiger partial charge on any atom is 0.277 e. The summed E-state index contributed by atoms with van der Waals surface area (Å²) in [6.45, 7) is 13.4. The highest BCUT2D eigenvalue weighted by Gasteiger charge is 2.38. The van der Waals surface area contributed by atoms with E-state index in [0.29, 0.717) is 23.4 Å². The fourth-order valence-electron chi connectivity index (χ4n) is 3.99. The van der Waals surface area contributed by atoms with Crippen LogP contribution in [0.3, 0.4) is 0 Å². The number of ether oxygens (including phenoxy) is 1. The minimum absolute atomic E-state index is 0.101. The second-order valence-corrected chi connectivity index (χ2v) is 8.62. The molecule has 1 aliphatic heterocycles. The molecule has 1 unspecified atom stereocenters. The monoisotopic (exact) mass is 391 g/mol. The first kappa shape index (κ1) is 22.1. The molecule has 0 radical (unpaired) electrons. The van der Waals surface area contributed by atoms with E-state index in [-0.39, 0.29) is 22.4 Å². The fraction of sp³-hybridized carbons (Fsp3) is 0.667. The van der Waals surface area contributed by atoms with Gasteiger partial charge in [0.25, 0.3) is 5.69 Å². The summed E-state index contributed by atoms with van der Waals surface area (Å²) in [7, 11) is 1.67. The lowest BCUT2D eigenvalue weighted by atomic mass is 9.89. The van der Waals surface area contributed by atoms with Gasteiger partial charge in [-0.3, -0.25) is 14.9 Å². The van der Waals surface area contributed by atoms with Gasteiger partial charge in [0.05, 0.1) is 21.9 Å². The Labute approximate surface area is 167 Å². The smallest absolute Gasteiger partial charge is 0.277 e. The molecule has 7 nitrogen and oxygen atoms in total. The predicted molar refractivity (Wildman–Crippen MR) is 112 cm³/mol. The third kappa shape index (κ3) is 4.14. The number of amides is 1. The van der Waals surface area contributed by atoms with E-state index >= 15 is 0 Å². The minimum Gasteiger partial charge on any atom is -0.385 e. The molecular formula is C21H33N3O4. The zero-order valence-corrected chi connectivity index (χ0v) is 18.1. The van der Waals surface area contributed by atoms with Crippen molar-refractivity contribution in [1.82, 2.24) is 0 Å². The van der Waals surface area contributed by atoms with Crippen LogP contribution in [0.5, 0.6) is 0 Å². The molecule has 1 amide bonds. The lowest BCUT2D eigenvalue weighted by Crippen LogP contribution is -2.30. The molecular weight excluding hydrogens is 358 g/mol. The van der Waals surface area contributed by atoms with Crippen LogP contribution in [0.1, 0.15) is 63.1 Å². The van der Waals surface area contributed by atoms with Crippen LogP contribution in [-0.2, 0) is 9.53 Å². The average Bonchev–Trinajstić information content (AvgIpc) is 2.94. The number of nitrogens with one attached hydrogen (secondary N) is 1. The molecule has 0 spiro atoms. The van der Waals surface area contributed by atoms with E-state index in [9.17, 15) is 14.9 Å². The molecule has 1 atom stereocenters. The van der Waals surface area contributed by atoms with Gasteiger partial charge in [0, 0.05) is 43.7 Å². The van der Waals surface area contributed by atoms with Crippen LogP contribution in [0.25, 0.3) is 0 Å². The molecule has 0 saturated heterocycles. The van der Waals surface area contributed by atoms with Crippen LogP contribution in [0.4, 0.5) is 17.1 Å². The van der Waals surface area contributed by atoms with Gasteiger partial charge in [-0.05, 0) is 32.3 Å². The van der Waals surface area contributed by atoms with E-state index < -0.39 is 5.41 Å². The van der Waals surface area contributed by atoms with Gasteiger partial charge in [0.1, 0.15) is 0 Å². The molecule has 0 bridgehead atoms. The number of nitro benzene ring substituents is 1. The first-order chi connectivity index (χ1) is 13.0. The highest BCUT2D eigenvalue weighted by Crippen LogP contribution is 2.50. The minimum atomic E-state index is -0.595. The van der Waals surface area contributed by atoms with Crippen molar-refractivity contribution in [3.63, 3.8) is 0 Å². The number of anilines is 2. The Bertz CT molecular complexity index is 768. The SMILES string of the molecule is CCCN1CC(CCOC)c2c(C)c([N+](=O)[O-])c(C)c(NC(=O)C(C)(C)C)c21. The van der Waals surface area contributed by atoms with Gasteiger partial charge in [-0.15, -0.1) is 0 Å². The van der Waals surface area contributed by atoms with Crippen molar-refractivity contribution in [2.75, 3.05) is 37.0 Å². The van der Waals surface area contributed by atoms with Gasteiger partial charge in [0.2, 0.25) is 5.91 Å². The molecule has 1 aliphatic rings. The van der Waals surface area contributed by atoms with Crippen molar-refractivity contribution >= 4 is 23.0 Å². The molecule has 1 aromatic carbocycles. The summed E-state index contributed by atoms with van der Waals surface area (Å²) in [5, 5.41) is 14.9. The number of nitrogens with zero attached hydrogens (tertiary/aromatic N) is 2. The molecule has 0 saturated carbocycles. The van der Waals surface area contributed by atoms with E-state index in [1.807, 2.05) is 27.7 Å². The van der Waals surface area contributed by atoms with Gasteiger partial charge in [0.15, 0.2) is 0 Å². The number of benzene rings is 1. The molecule has 156 valence electrons. The lowest BCUT2D eigenvalue weighted by molar-refractivity contribution is -0.386. The van der Waals surface area contributed by atoms with Gasteiger partial charge >= 0.3 is 0 Å². The topological polar surface area (TPSA) is 84.7 Å². The van der Waals surface area contributed by atoms with Crippen molar-refractivity contribution < 1.29 is 14.5 Å². The predicted octanol–water partition coefficient (Wildman–Crippen LogP) is 4.55.